The van der Waals surface area contributed by atoms with Gasteiger partial charge in [0.1, 0.15) is 13.2 Å². The Bertz CT molecular complexity index is 2120. The van der Waals surface area contributed by atoms with Gasteiger partial charge >= 0.3 is 12.2 Å². The van der Waals surface area contributed by atoms with E-state index in [0.717, 1.165) is 61.0 Å². The molecule has 0 saturated heterocycles. The number of amides is 2. The van der Waals surface area contributed by atoms with Crippen molar-refractivity contribution in [3.63, 3.8) is 0 Å². The summed E-state index contributed by atoms with van der Waals surface area (Å²) in [7, 11) is -8.38. The number of sulfone groups is 2. The van der Waals surface area contributed by atoms with Crippen LogP contribution in [0, 0.1) is 39.5 Å². The molecule has 2 aliphatic heterocycles. The van der Waals surface area contributed by atoms with Crippen molar-refractivity contribution < 1.29 is 35.9 Å². The lowest BCUT2D eigenvalue weighted by molar-refractivity contribution is 0.167. The molecule has 0 bridgehead atoms. The largest absolute Gasteiger partial charge is 0.448 e. The lowest BCUT2D eigenvalue weighted by atomic mass is 9.73. The van der Waals surface area contributed by atoms with Crippen LogP contribution in [-0.2, 0) is 42.0 Å². The molecule has 2 atom stereocenters. The summed E-state index contributed by atoms with van der Waals surface area (Å²) in [5, 5.41) is 4.58. The van der Waals surface area contributed by atoms with Gasteiger partial charge in [-0.25, -0.2) is 26.4 Å². The minimum Gasteiger partial charge on any atom is -0.448 e. The van der Waals surface area contributed by atoms with Crippen LogP contribution in [0.5, 0.6) is 0 Å². The van der Waals surface area contributed by atoms with E-state index in [4.69, 9.17) is 9.47 Å². The number of anilines is 4. The monoisotopic (exact) mass is 1030 g/mol. The molecule has 2 aromatic carbocycles. The highest BCUT2D eigenvalue weighted by atomic mass is 32.3. The summed E-state index contributed by atoms with van der Waals surface area (Å²) >= 11 is 0. The number of hydrogen-bond acceptors (Lipinski definition) is 10. The fraction of sp³-hybridized carbons (Fsp3) is 0.754. The van der Waals surface area contributed by atoms with Gasteiger partial charge in [0, 0.05) is 35.5 Å². The minimum absolute atomic E-state index is 0.0246. The van der Waals surface area contributed by atoms with Crippen LogP contribution in [0.15, 0.2) is 12.1 Å². The SMILES string of the molecule is CCCCCCCCCCC1Cc2c(cc(C)c(NC(=O)OCCS(=O)(=O)CS(=O)(=O)CCOC(=O)Nc3c(C)cc4c(c3C)CC(CCCCCCCCCC)C(C)(C)N4CC)c2C)N(CC)C1(C)C. The van der Waals surface area contributed by atoms with Crippen LogP contribution in [0.1, 0.15) is 204 Å². The summed E-state index contributed by atoms with van der Waals surface area (Å²) in [6.07, 6.45) is 23.0. The lowest BCUT2D eigenvalue weighted by Gasteiger charge is -2.51. The average Bonchev–Trinajstić information content (AvgIpc) is 3.28. The lowest BCUT2D eigenvalue weighted by Crippen LogP contribution is -2.53. The van der Waals surface area contributed by atoms with Crippen molar-refractivity contribution in [1.82, 2.24) is 0 Å². The maximum absolute atomic E-state index is 13.1. The number of rotatable bonds is 30. The number of benzene rings is 2. The maximum atomic E-state index is 13.1. The van der Waals surface area contributed by atoms with Gasteiger partial charge in [0.05, 0.1) is 22.9 Å². The number of fused-ring (bicyclic) bond motifs is 2. The molecular formula is C57H96N4O8S2. The molecule has 2 unspecified atom stereocenters. The van der Waals surface area contributed by atoms with Gasteiger partial charge in [0.15, 0.2) is 24.8 Å². The highest BCUT2D eigenvalue weighted by Gasteiger charge is 2.42. The van der Waals surface area contributed by atoms with Gasteiger partial charge < -0.3 is 19.3 Å². The van der Waals surface area contributed by atoms with Crippen LogP contribution < -0.4 is 20.4 Å². The van der Waals surface area contributed by atoms with E-state index in [1.54, 1.807) is 0 Å². The van der Waals surface area contributed by atoms with Gasteiger partial charge in [-0.1, -0.05) is 117 Å². The standard InChI is InChI=1S/C57H96N4O8S2/c1-13-17-19-21-23-25-27-29-31-46-39-48-44(7)52(42(5)37-50(48)60(15-3)56(46,9)10)58-54(62)68-33-35-70(64,65)41-71(66,67)36-34-69-55(63)59-53-43(6)38-51-49(45(53)8)40-47(57(11,12)61(51)16-4)32-30-28-26-24-22-20-18-14-2/h37-38,46-47H,13-36,39-41H2,1-12H3,(H,58,62)(H,59,63). The summed E-state index contributed by atoms with van der Waals surface area (Å²) in [6, 6.07) is 4.25. The molecule has 2 amide bonds. The first kappa shape index (κ1) is 60.0. The molecule has 0 radical (unpaired) electrons. The molecule has 12 nitrogen and oxygen atoms in total. The summed E-state index contributed by atoms with van der Waals surface area (Å²) < 4.78 is 62.7. The van der Waals surface area contributed by atoms with Gasteiger partial charge in [-0.3, -0.25) is 10.6 Å². The number of unbranched alkanes of at least 4 members (excludes halogenated alkanes) is 14. The van der Waals surface area contributed by atoms with E-state index in [9.17, 15) is 26.4 Å². The molecule has 404 valence electrons. The minimum atomic E-state index is -4.19. The maximum Gasteiger partial charge on any atom is 0.411 e. The molecule has 14 heteroatoms. The van der Waals surface area contributed by atoms with Gasteiger partial charge in [0.25, 0.3) is 0 Å². The molecular weight excluding hydrogens is 933 g/mol. The Morgan fingerprint density at radius 1 is 0.549 bits per heavy atom. The fourth-order valence-electron chi connectivity index (χ4n) is 11.7. The smallest absolute Gasteiger partial charge is 0.411 e. The molecule has 0 saturated carbocycles. The van der Waals surface area contributed by atoms with Gasteiger partial charge in [-0.2, -0.15) is 0 Å². The third-order valence-corrected chi connectivity index (χ3v) is 20.6. The number of nitrogens with one attached hydrogen (secondary N) is 2. The summed E-state index contributed by atoms with van der Waals surface area (Å²) in [5.74, 6) is -0.461. The average molecular weight is 1030 g/mol. The fourth-order valence-corrected chi connectivity index (χ4v) is 15.6. The predicted octanol–water partition coefficient (Wildman–Crippen LogP) is 14.1. The molecule has 4 rings (SSSR count). The number of aryl methyl sites for hydroxylation is 2. The van der Waals surface area contributed by atoms with E-state index >= 15 is 0 Å². The Kier molecular flexibility index (Phi) is 23.4. The van der Waals surface area contributed by atoms with E-state index in [-0.39, 0.29) is 11.1 Å². The number of hydrogen-bond donors (Lipinski definition) is 2. The molecule has 2 heterocycles. The number of carbonyl (C=O) groups excluding carboxylic acids is 2. The molecule has 2 aliphatic rings. The molecule has 71 heavy (non-hydrogen) atoms. The van der Waals surface area contributed by atoms with Crippen LogP contribution in [0.2, 0.25) is 0 Å². The van der Waals surface area contributed by atoms with Crippen LogP contribution in [0.4, 0.5) is 32.3 Å². The molecule has 0 aliphatic carbocycles. The van der Waals surface area contributed by atoms with Crippen LogP contribution in [0.25, 0.3) is 0 Å². The van der Waals surface area contributed by atoms with Crippen molar-refractivity contribution >= 4 is 54.6 Å². The van der Waals surface area contributed by atoms with Gasteiger partial charge in [0.2, 0.25) is 0 Å². The molecule has 0 fully saturated rings. The molecule has 0 spiro atoms. The van der Waals surface area contributed by atoms with E-state index in [0.29, 0.717) is 23.2 Å². The highest BCUT2D eigenvalue weighted by molar-refractivity contribution is 8.08. The van der Waals surface area contributed by atoms with E-state index in [1.165, 1.54) is 125 Å². The number of nitrogens with zero attached hydrogens (tertiary/aromatic N) is 2. The number of carbonyl (C=O) groups is 2. The molecule has 0 aromatic heterocycles. The summed E-state index contributed by atoms with van der Waals surface area (Å²) in [4.78, 5) is 31.2. The number of ether oxygens (including phenoxy) is 2. The van der Waals surface area contributed by atoms with Crippen molar-refractivity contribution in [3.05, 3.63) is 45.5 Å². The quantitative estimate of drug-likeness (QED) is 0.0724. The first-order chi connectivity index (χ1) is 33.5. The Balaban J connectivity index is 1.27. The zero-order chi connectivity index (χ0) is 52.6. The third-order valence-electron chi connectivity index (χ3n) is 16.2. The van der Waals surface area contributed by atoms with Gasteiger partial charge in [-0.15, -0.1) is 0 Å². The van der Waals surface area contributed by atoms with Crippen LogP contribution in [-0.4, -0.2) is 83.0 Å². The zero-order valence-corrected chi connectivity index (χ0v) is 48.0. The summed E-state index contributed by atoms with van der Waals surface area (Å²) in [6.45, 7) is 26.9. The van der Waals surface area contributed by atoms with E-state index < -0.39 is 61.7 Å². The third kappa shape index (κ3) is 16.7. The van der Waals surface area contributed by atoms with E-state index in [1.807, 2.05) is 27.7 Å². The Hall–Kier alpha value is -3.52. The van der Waals surface area contributed by atoms with Crippen LogP contribution >= 0.6 is 0 Å². The molecule has 2 N–H and O–H groups in total. The van der Waals surface area contributed by atoms with E-state index in [2.05, 4.69) is 88.0 Å². The Labute approximate surface area is 431 Å². The highest BCUT2D eigenvalue weighted by Crippen LogP contribution is 2.47. The molecule has 2 aromatic rings. The van der Waals surface area contributed by atoms with Crippen molar-refractivity contribution in [2.24, 2.45) is 11.8 Å². The van der Waals surface area contributed by atoms with Crippen LogP contribution in [0.3, 0.4) is 0 Å². The first-order valence-corrected chi connectivity index (χ1v) is 31.3. The van der Waals surface area contributed by atoms with Crippen molar-refractivity contribution in [1.29, 1.82) is 0 Å². The Morgan fingerprint density at radius 3 is 1.20 bits per heavy atom. The van der Waals surface area contributed by atoms with Gasteiger partial charge in [-0.05, 0) is 152 Å². The second-order valence-electron chi connectivity index (χ2n) is 22.0. The topological polar surface area (TPSA) is 151 Å². The normalized spacial score (nSPS) is 17.4. The second kappa shape index (κ2) is 27.7. The van der Waals surface area contributed by atoms with Crippen molar-refractivity contribution in [2.45, 2.75) is 223 Å². The summed E-state index contributed by atoms with van der Waals surface area (Å²) in [5.41, 5.74) is 9.72. The first-order valence-electron chi connectivity index (χ1n) is 27.6. The predicted molar refractivity (Wildman–Crippen MR) is 297 cm³/mol. The van der Waals surface area contributed by atoms with Crippen molar-refractivity contribution in [2.75, 3.05) is 63.3 Å². The zero-order valence-electron chi connectivity index (χ0n) is 46.4. The Morgan fingerprint density at radius 2 is 0.873 bits per heavy atom. The second-order valence-corrected chi connectivity index (χ2v) is 26.8. The van der Waals surface area contributed by atoms with Crippen molar-refractivity contribution in [3.8, 4) is 0 Å².